The van der Waals surface area contributed by atoms with Crippen LogP contribution >= 0.6 is 0 Å². The SMILES string of the molecule is CN=C/C(=C\N)c1cc(OC)cc([C@@H](C)NC(=O)c2cc(N3CC(N4CCN(C)CC4)C3)ccc2C)c1. The topological polar surface area (TPSA) is 86.4 Å². The monoisotopic (exact) mass is 504 g/mol. The molecule has 0 unspecified atom stereocenters. The standard InChI is InChI=1S/C29H40N6O2/c1-20-6-7-25(35-18-26(19-35)34-10-8-33(4)9-11-34)15-28(20)29(36)32-21(2)22-12-23(14-27(13-22)37-5)24(16-30)17-31-3/h6-7,12-17,21,26H,8-11,18-19,30H2,1-5H3,(H,32,36)/b24-16+,31-17?/t21-/m1/s1. The number of aliphatic imine (C=N–C) groups is 1. The number of piperazine rings is 1. The van der Waals surface area contributed by atoms with Crippen molar-refractivity contribution in [3.05, 3.63) is 64.9 Å². The van der Waals surface area contributed by atoms with E-state index in [1.165, 1.54) is 6.20 Å². The van der Waals surface area contributed by atoms with Gasteiger partial charge in [-0.05, 0) is 67.9 Å². The molecular weight excluding hydrogens is 464 g/mol. The van der Waals surface area contributed by atoms with Gasteiger partial charge < -0.3 is 25.6 Å². The number of hydrogen-bond acceptors (Lipinski definition) is 7. The Kier molecular flexibility index (Phi) is 8.51. The number of likely N-dealkylation sites (N-methyl/N-ethyl adjacent to an activating group) is 1. The lowest BCUT2D eigenvalue weighted by Crippen LogP contribution is -2.63. The van der Waals surface area contributed by atoms with Gasteiger partial charge in [-0.25, -0.2) is 0 Å². The molecule has 1 atom stereocenters. The van der Waals surface area contributed by atoms with Crippen molar-refractivity contribution >= 4 is 23.4 Å². The van der Waals surface area contributed by atoms with Crippen LogP contribution in [0.5, 0.6) is 5.75 Å². The molecule has 0 radical (unpaired) electrons. The fourth-order valence-corrected chi connectivity index (χ4v) is 5.00. The highest BCUT2D eigenvalue weighted by Crippen LogP contribution is 2.28. The molecule has 8 heteroatoms. The van der Waals surface area contributed by atoms with E-state index in [4.69, 9.17) is 10.5 Å². The Hall–Kier alpha value is -3.36. The molecule has 0 bridgehead atoms. The van der Waals surface area contributed by atoms with Crippen LogP contribution in [0.4, 0.5) is 5.69 Å². The lowest BCUT2D eigenvalue weighted by Gasteiger charge is -2.49. The second-order valence-corrected chi connectivity index (χ2v) is 10.1. The number of nitrogens with zero attached hydrogens (tertiary/aromatic N) is 4. The summed E-state index contributed by atoms with van der Waals surface area (Å²) in [6.45, 7) is 10.5. The molecule has 0 aliphatic carbocycles. The van der Waals surface area contributed by atoms with Crippen LogP contribution in [0.3, 0.4) is 0 Å². The molecule has 2 aromatic carbocycles. The van der Waals surface area contributed by atoms with Crippen LogP contribution in [0.2, 0.25) is 0 Å². The second-order valence-electron chi connectivity index (χ2n) is 10.1. The van der Waals surface area contributed by atoms with Gasteiger partial charge in [-0.2, -0.15) is 0 Å². The fourth-order valence-electron chi connectivity index (χ4n) is 5.00. The van der Waals surface area contributed by atoms with Crippen LogP contribution in [-0.4, -0.2) is 88.4 Å². The Morgan fingerprint density at radius 3 is 2.54 bits per heavy atom. The van der Waals surface area contributed by atoms with Crippen molar-refractivity contribution in [2.45, 2.75) is 25.9 Å². The van der Waals surface area contributed by atoms with Crippen molar-refractivity contribution in [2.75, 3.05) is 65.4 Å². The minimum absolute atomic E-state index is 0.0860. The Labute approximate surface area is 220 Å². The van der Waals surface area contributed by atoms with Crippen molar-refractivity contribution in [2.24, 2.45) is 10.7 Å². The number of rotatable bonds is 8. The number of nitrogens with one attached hydrogen (secondary N) is 1. The lowest BCUT2D eigenvalue weighted by molar-refractivity contribution is 0.0938. The zero-order chi connectivity index (χ0) is 26.5. The van der Waals surface area contributed by atoms with E-state index in [-0.39, 0.29) is 11.9 Å². The maximum Gasteiger partial charge on any atom is 0.252 e. The summed E-state index contributed by atoms with van der Waals surface area (Å²) in [6.07, 6.45) is 3.23. The molecule has 0 saturated carbocycles. The van der Waals surface area contributed by atoms with Crippen LogP contribution in [-0.2, 0) is 0 Å². The molecule has 198 valence electrons. The summed E-state index contributed by atoms with van der Waals surface area (Å²) in [7, 11) is 5.52. The first-order chi connectivity index (χ1) is 17.8. The molecule has 4 rings (SSSR count). The van der Waals surface area contributed by atoms with Crippen LogP contribution in [0.25, 0.3) is 5.57 Å². The Bertz CT molecular complexity index is 1160. The minimum Gasteiger partial charge on any atom is -0.497 e. The average Bonchev–Trinajstić information content (AvgIpc) is 2.87. The smallest absolute Gasteiger partial charge is 0.252 e. The Balaban J connectivity index is 1.45. The van der Waals surface area contributed by atoms with Gasteiger partial charge in [-0.3, -0.25) is 14.7 Å². The summed E-state index contributed by atoms with van der Waals surface area (Å²) in [5.74, 6) is 0.611. The molecule has 0 spiro atoms. The van der Waals surface area contributed by atoms with Crippen LogP contribution < -0.4 is 20.7 Å². The predicted molar refractivity (Wildman–Crippen MR) is 152 cm³/mol. The van der Waals surface area contributed by atoms with Gasteiger partial charge in [0.2, 0.25) is 0 Å². The summed E-state index contributed by atoms with van der Waals surface area (Å²) in [4.78, 5) is 24.8. The number of benzene rings is 2. The number of nitrogens with two attached hydrogens (primary N) is 1. The van der Waals surface area contributed by atoms with E-state index in [0.29, 0.717) is 17.4 Å². The maximum absolute atomic E-state index is 13.4. The lowest BCUT2D eigenvalue weighted by atomic mass is 9.99. The van der Waals surface area contributed by atoms with Gasteiger partial charge in [0.1, 0.15) is 5.75 Å². The van der Waals surface area contributed by atoms with E-state index < -0.39 is 0 Å². The Morgan fingerprint density at radius 1 is 1.16 bits per heavy atom. The molecule has 2 aliphatic heterocycles. The van der Waals surface area contributed by atoms with E-state index in [1.54, 1.807) is 20.4 Å². The van der Waals surface area contributed by atoms with Gasteiger partial charge in [0.25, 0.3) is 5.91 Å². The van der Waals surface area contributed by atoms with Crippen LogP contribution in [0, 0.1) is 6.92 Å². The summed E-state index contributed by atoms with van der Waals surface area (Å²) in [6, 6.07) is 12.4. The van der Waals surface area contributed by atoms with Gasteiger partial charge in [-0.1, -0.05) is 6.07 Å². The zero-order valence-electron chi connectivity index (χ0n) is 22.7. The number of amides is 1. The summed E-state index contributed by atoms with van der Waals surface area (Å²) in [5.41, 5.74) is 11.2. The second kappa shape index (κ2) is 11.8. The number of allylic oxidation sites excluding steroid dienone is 1. The highest BCUT2D eigenvalue weighted by Gasteiger charge is 2.33. The molecule has 1 amide bonds. The largest absolute Gasteiger partial charge is 0.497 e. The highest BCUT2D eigenvalue weighted by atomic mass is 16.5. The molecule has 2 aliphatic rings. The molecular formula is C29H40N6O2. The van der Waals surface area contributed by atoms with Gasteiger partial charge >= 0.3 is 0 Å². The maximum atomic E-state index is 13.4. The number of anilines is 1. The minimum atomic E-state index is -0.229. The van der Waals surface area contributed by atoms with Crippen molar-refractivity contribution in [3.63, 3.8) is 0 Å². The quantitative estimate of drug-likeness (QED) is 0.538. The first kappa shape index (κ1) is 26.7. The number of hydrogen-bond donors (Lipinski definition) is 2. The third kappa shape index (κ3) is 6.14. The summed E-state index contributed by atoms with van der Waals surface area (Å²) >= 11 is 0. The fraction of sp³-hybridized carbons (Fsp3) is 0.448. The van der Waals surface area contributed by atoms with Gasteiger partial charge in [0.05, 0.1) is 13.2 Å². The van der Waals surface area contributed by atoms with E-state index in [9.17, 15) is 4.79 Å². The first-order valence-electron chi connectivity index (χ1n) is 13.0. The van der Waals surface area contributed by atoms with Gasteiger partial charge in [-0.15, -0.1) is 0 Å². The number of ether oxygens (including phenoxy) is 1. The van der Waals surface area contributed by atoms with Crippen molar-refractivity contribution in [1.82, 2.24) is 15.1 Å². The number of carbonyl (C=O) groups is 1. The third-order valence-corrected chi connectivity index (χ3v) is 7.54. The molecule has 8 nitrogen and oxygen atoms in total. The zero-order valence-corrected chi connectivity index (χ0v) is 22.7. The number of carbonyl (C=O) groups excluding carboxylic acids is 1. The van der Waals surface area contributed by atoms with Crippen molar-refractivity contribution in [3.8, 4) is 5.75 Å². The van der Waals surface area contributed by atoms with Crippen molar-refractivity contribution in [1.29, 1.82) is 0 Å². The predicted octanol–water partition coefficient (Wildman–Crippen LogP) is 2.93. The highest BCUT2D eigenvalue weighted by molar-refractivity contribution is 6.09. The van der Waals surface area contributed by atoms with Gasteiger partial charge in [0, 0.05) is 81.6 Å². The van der Waals surface area contributed by atoms with Crippen LogP contribution in [0.1, 0.15) is 40.0 Å². The molecule has 2 aromatic rings. The molecule has 2 heterocycles. The normalized spacial score (nSPS) is 18.6. The summed E-state index contributed by atoms with van der Waals surface area (Å²) in [5, 5.41) is 3.18. The number of methoxy groups -OCH3 is 1. The van der Waals surface area contributed by atoms with E-state index in [0.717, 1.165) is 67.2 Å². The molecule has 2 fully saturated rings. The van der Waals surface area contributed by atoms with Gasteiger partial charge in [0.15, 0.2) is 0 Å². The molecule has 2 saturated heterocycles. The molecule has 0 aromatic heterocycles. The van der Waals surface area contributed by atoms with Crippen LogP contribution in [0.15, 0.2) is 47.6 Å². The van der Waals surface area contributed by atoms with E-state index >= 15 is 0 Å². The average molecular weight is 505 g/mol. The molecule has 37 heavy (non-hydrogen) atoms. The number of aryl methyl sites for hydroxylation is 1. The summed E-state index contributed by atoms with van der Waals surface area (Å²) < 4.78 is 5.51. The van der Waals surface area contributed by atoms with E-state index in [2.05, 4.69) is 38.1 Å². The molecule has 3 N–H and O–H groups in total. The first-order valence-corrected chi connectivity index (χ1v) is 13.0. The third-order valence-electron chi connectivity index (χ3n) is 7.54. The Morgan fingerprint density at radius 2 is 1.89 bits per heavy atom. The van der Waals surface area contributed by atoms with E-state index in [1.807, 2.05) is 44.2 Å². The van der Waals surface area contributed by atoms with Crippen molar-refractivity contribution < 1.29 is 9.53 Å².